The molecule has 1 atom stereocenters. The van der Waals surface area contributed by atoms with Crippen molar-refractivity contribution in [2.45, 2.75) is 57.9 Å². The maximum absolute atomic E-state index is 13.4. The van der Waals surface area contributed by atoms with Crippen LogP contribution in [0.5, 0.6) is 0 Å². The molecule has 0 N–H and O–H groups in total. The van der Waals surface area contributed by atoms with Crippen LogP contribution in [0.2, 0.25) is 0 Å². The maximum atomic E-state index is 13.4. The third kappa shape index (κ3) is 2.69. The normalized spacial score (nSPS) is 19.7. The number of rotatable bonds is 3. The van der Waals surface area contributed by atoms with Crippen LogP contribution < -0.4 is 0 Å². The van der Waals surface area contributed by atoms with E-state index in [1.54, 1.807) is 12.1 Å². The molecule has 0 radical (unpaired) electrons. The number of benzene rings is 1. The number of fused-ring (bicyclic) bond motifs is 3. The lowest BCUT2D eigenvalue weighted by molar-refractivity contribution is 0.280. The molecule has 5 nitrogen and oxygen atoms in total. The first kappa shape index (κ1) is 16.7. The van der Waals surface area contributed by atoms with Crippen LogP contribution in [0.3, 0.4) is 0 Å². The number of nitrogens with zero attached hydrogens (tertiary/aromatic N) is 5. The summed E-state index contributed by atoms with van der Waals surface area (Å²) in [5.41, 5.74) is 3.15. The number of hydrogen-bond donors (Lipinski definition) is 0. The van der Waals surface area contributed by atoms with Gasteiger partial charge >= 0.3 is 0 Å². The summed E-state index contributed by atoms with van der Waals surface area (Å²) < 4.78 is 17.6. The van der Waals surface area contributed by atoms with Crippen LogP contribution in [0.25, 0.3) is 17.2 Å². The fourth-order valence-electron chi connectivity index (χ4n) is 4.83. The second kappa shape index (κ2) is 6.59. The molecule has 2 aliphatic rings. The van der Waals surface area contributed by atoms with Crippen LogP contribution in [0.4, 0.5) is 4.39 Å². The van der Waals surface area contributed by atoms with E-state index in [1.807, 2.05) is 10.9 Å². The predicted octanol–water partition coefficient (Wildman–Crippen LogP) is 4.51. The molecule has 27 heavy (non-hydrogen) atoms. The summed E-state index contributed by atoms with van der Waals surface area (Å²) in [7, 11) is 0. The Morgan fingerprint density at radius 2 is 1.85 bits per heavy atom. The van der Waals surface area contributed by atoms with Gasteiger partial charge in [-0.3, -0.25) is 0 Å². The van der Waals surface area contributed by atoms with Crippen LogP contribution in [-0.2, 0) is 13.0 Å². The molecule has 140 valence electrons. The van der Waals surface area contributed by atoms with Gasteiger partial charge in [-0.1, -0.05) is 26.2 Å². The lowest BCUT2D eigenvalue weighted by atomic mass is 9.75. The third-order valence-electron chi connectivity index (χ3n) is 6.22. The highest BCUT2D eigenvalue weighted by atomic mass is 19.1. The Labute approximate surface area is 158 Å². The van der Waals surface area contributed by atoms with Crippen molar-refractivity contribution in [1.82, 2.24) is 24.5 Å². The summed E-state index contributed by atoms with van der Waals surface area (Å²) in [6.45, 7) is 3.07. The molecule has 0 bridgehead atoms. The van der Waals surface area contributed by atoms with E-state index < -0.39 is 0 Å². The summed E-state index contributed by atoms with van der Waals surface area (Å²) in [4.78, 5) is 0. The van der Waals surface area contributed by atoms with Crippen LogP contribution in [0, 0.1) is 11.7 Å². The quantitative estimate of drug-likeness (QED) is 0.686. The van der Waals surface area contributed by atoms with Crippen molar-refractivity contribution < 1.29 is 4.39 Å². The van der Waals surface area contributed by atoms with Gasteiger partial charge in [0.15, 0.2) is 5.82 Å². The fourth-order valence-corrected chi connectivity index (χ4v) is 4.83. The molecule has 1 fully saturated rings. The third-order valence-corrected chi connectivity index (χ3v) is 6.22. The lowest BCUT2D eigenvalue weighted by Crippen LogP contribution is -2.26. The summed E-state index contributed by atoms with van der Waals surface area (Å²) >= 11 is 0. The maximum Gasteiger partial charge on any atom is 0.183 e. The number of hydrogen-bond acceptors (Lipinski definition) is 3. The molecular weight excluding hydrogens is 341 g/mol. The van der Waals surface area contributed by atoms with Gasteiger partial charge in [0.2, 0.25) is 0 Å². The Bertz CT molecular complexity index is 950. The first-order valence-corrected chi connectivity index (χ1v) is 10.0. The highest BCUT2D eigenvalue weighted by molar-refractivity contribution is 5.62. The standard InChI is InChI=1S/C21H24FN5/c1-2-19-24-25-21-20-17(12-23-27(20)16-10-8-15(22)9-11-16)18(13-26(19)21)14-6-4-3-5-7-14/h8-12,14,18H,2-7,13H2,1H3. The summed E-state index contributed by atoms with van der Waals surface area (Å²) in [6, 6.07) is 6.50. The zero-order valence-electron chi connectivity index (χ0n) is 15.6. The van der Waals surface area contributed by atoms with Gasteiger partial charge in [-0.2, -0.15) is 5.10 Å². The van der Waals surface area contributed by atoms with Crippen molar-refractivity contribution in [3.05, 3.63) is 47.7 Å². The van der Waals surface area contributed by atoms with E-state index >= 15 is 0 Å². The molecular formula is C21H24FN5. The van der Waals surface area contributed by atoms with Gasteiger partial charge in [0.1, 0.15) is 17.3 Å². The molecule has 1 saturated carbocycles. The van der Waals surface area contributed by atoms with E-state index in [4.69, 9.17) is 0 Å². The van der Waals surface area contributed by atoms with E-state index in [2.05, 4.69) is 26.8 Å². The smallest absolute Gasteiger partial charge is 0.183 e. The molecule has 0 amide bonds. The zero-order valence-corrected chi connectivity index (χ0v) is 15.6. The van der Waals surface area contributed by atoms with Gasteiger partial charge in [-0.25, -0.2) is 9.07 Å². The first-order chi connectivity index (χ1) is 13.3. The van der Waals surface area contributed by atoms with Gasteiger partial charge in [0.05, 0.1) is 11.9 Å². The SMILES string of the molecule is CCc1nnc2n1CC(C1CCCCC1)c1cnn(-c3ccc(F)cc3)c1-2. The van der Waals surface area contributed by atoms with Crippen molar-refractivity contribution in [3.8, 4) is 17.2 Å². The largest absolute Gasteiger partial charge is 0.309 e. The Kier molecular flexibility index (Phi) is 4.06. The Morgan fingerprint density at radius 3 is 2.59 bits per heavy atom. The molecule has 2 aromatic heterocycles. The van der Waals surface area contributed by atoms with Crippen LogP contribution >= 0.6 is 0 Å². The molecule has 3 heterocycles. The molecule has 1 unspecified atom stereocenters. The topological polar surface area (TPSA) is 48.5 Å². The number of aryl methyl sites for hydroxylation is 1. The van der Waals surface area contributed by atoms with Gasteiger partial charge < -0.3 is 4.57 Å². The van der Waals surface area contributed by atoms with Crippen LogP contribution in [-0.4, -0.2) is 24.5 Å². The summed E-state index contributed by atoms with van der Waals surface area (Å²) in [6.07, 6.45) is 9.42. The molecule has 5 rings (SSSR count). The zero-order chi connectivity index (χ0) is 18.4. The Hall–Kier alpha value is -2.50. The summed E-state index contributed by atoms with van der Waals surface area (Å²) in [5.74, 6) is 2.81. The highest BCUT2D eigenvalue weighted by Gasteiger charge is 2.36. The van der Waals surface area contributed by atoms with Crippen molar-refractivity contribution in [2.75, 3.05) is 0 Å². The highest BCUT2D eigenvalue weighted by Crippen LogP contribution is 2.44. The van der Waals surface area contributed by atoms with Crippen molar-refractivity contribution >= 4 is 0 Å². The van der Waals surface area contributed by atoms with Gasteiger partial charge in [-0.05, 0) is 43.0 Å². The minimum atomic E-state index is -0.240. The van der Waals surface area contributed by atoms with Crippen molar-refractivity contribution in [1.29, 1.82) is 0 Å². The molecule has 3 aromatic rings. The minimum Gasteiger partial charge on any atom is -0.309 e. The average molecular weight is 365 g/mol. The van der Waals surface area contributed by atoms with Gasteiger partial charge in [0, 0.05) is 24.4 Å². The van der Waals surface area contributed by atoms with Crippen molar-refractivity contribution in [2.24, 2.45) is 5.92 Å². The average Bonchev–Trinajstić information content (AvgIpc) is 3.32. The second-order valence-corrected chi connectivity index (χ2v) is 7.75. The molecule has 0 spiro atoms. The molecule has 1 aliphatic carbocycles. The van der Waals surface area contributed by atoms with E-state index in [1.165, 1.54) is 49.8 Å². The lowest BCUT2D eigenvalue weighted by Gasteiger charge is -2.34. The van der Waals surface area contributed by atoms with Gasteiger partial charge in [0.25, 0.3) is 0 Å². The summed E-state index contributed by atoms with van der Waals surface area (Å²) in [5, 5.41) is 13.6. The van der Waals surface area contributed by atoms with E-state index in [0.717, 1.165) is 36.0 Å². The van der Waals surface area contributed by atoms with Crippen molar-refractivity contribution in [3.63, 3.8) is 0 Å². The number of halogens is 1. The van der Waals surface area contributed by atoms with E-state index in [-0.39, 0.29) is 5.82 Å². The fraction of sp³-hybridized carbons (Fsp3) is 0.476. The molecule has 1 aliphatic heterocycles. The minimum absolute atomic E-state index is 0.240. The van der Waals surface area contributed by atoms with E-state index in [0.29, 0.717) is 11.8 Å². The van der Waals surface area contributed by atoms with Crippen LogP contribution in [0.1, 0.15) is 56.3 Å². The molecule has 6 heteroatoms. The van der Waals surface area contributed by atoms with E-state index in [9.17, 15) is 4.39 Å². The Balaban J connectivity index is 1.66. The molecule has 0 saturated heterocycles. The second-order valence-electron chi connectivity index (χ2n) is 7.75. The Morgan fingerprint density at radius 1 is 1.07 bits per heavy atom. The van der Waals surface area contributed by atoms with Crippen LogP contribution in [0.15, 0.2) is 30.5 Å². The van der Waals surface area contributed by atoms with Gasteiger partial charge in [-0.15, -0.1) is 10.2 Å². The molecule has 1 aromatic carbocycles. The monoisotopic (exact) mass is 365 g/mol. The first-order valence-electron chi connectivity index (χ1n) is 10.0. The predicted molar refractivity (Wildman–Crippen MR) is 101 cm³/mol. The number of aromatic nitrogens is 5.